The van der Waals surface area contributed by atoms with Crippen molar-refractivity contribution in [1.29, 1.82) is 0 Å². The maximum Gasteiger partial charge on any atom is 0.323 e. The van der Waals surface area contributed by atoms with Gasteiger partial charge in [0.05, 0.1) is 28.8 Å². The third-order valence-corrected chi connectivity index (χ3v) is 7.06. The number of hydrogen-bond donors (Lipinski definition) is 2. The van der Waals surface area contributed by atoms with Crippen molar-refractivity contribution in [2.24, 2.45) is 0 Å². The number of nitrogens with zero attached hydrogens (tertiary/aromatic N) is 1. The number of carbonyl (C=O) groups is 2. The first-order valence-electron chi connectivity index (χ1n) is 13.3. The van der Waals surface area contributed by atoms with Crippen LogP contribution in [0.3, 0.4) is 0 Å². The summed E-state index contributed by atoms with van der Waals surface area (Å²) in [4.78, 5) is 22.5. The average Bonchev–Trinajstić information content (AvgIpc) is 3.28. The van der Waals surface area contributed by atoms with E-state index in [0.29, 0.717) is 41.9 Å². The molecule has 0 aliphatic carbocycles. The van der Waals surface area contributed by atoms with E-state index in [2.05, 4.69) is 0 Å². The van der Waals surface area contributed by atoms with Gasteiger partial charge in [0.15, 0.2) is 5.75 Å². The zero-order valence-corrected chi connectivity index (χ0v) is 23.9. The van der Waals surface area contributed by atoms with Gasteiger partial charge in [-0.2, -0.15) is 0 Å². The van der Waals surface area contributed by atoms with E-state index >= 15 is 0 Å². The molecule has 0 fully saturated rings. The second-order valence-corrected chi connectivity index (χ2v) is 10.3. The van der Waals surface area contributed by atoms with Crippen LogP contribution in [0.5, 0.6) is 11.5 Å². The summed E-state index contributed by atoms with van der Waals surface area (Å²) in [6.07, 6.45) is 8.47. The fraction of sp³-hybridized carbons (Fsp3) is 0.250. The van der Waals surface area contributed by atoms with Crippen molar-refractivity contribution in [3.05, 3.63) is 93.6 Å². The van der Waals surface area contributed by atoms with Crippen LogP contribution in [0.15, 0.2) is 66.9 Å². The Morgan fingerprint density at radius 2 is 1.49 bits per heavy atom. The molecule has 0 amide bonds. The lowest BCUT2D eigenvalue weighted by Gasteiger charge is -2.10. The number of unbranched alkanes of at least 4 members (excludes halogenated alkanes) is 1. The van der Waals surface area contributed by atoms with E-state index in [1.807, 2.05) is 60.8 Å². The SMILES string of the molecule is O=C(O)CCCc1cn(CC(=O)O)c2c(C=Cc3ccc(OCCCCOc4c(Cl)cccc4Cl)cc3)cccc12. The third-order valence-electron chi connectivity index (χ3n) is 6.46. The lowest BCUT2D eigenvalue weighted by molar-refractivity contribution is -0.138. The summed E-state index contributed by atoms with van der Waals surface area (Å²) in [7, 11) is 0. The molecule has 214 valence electrons. The Hall–Kier alpha value is -3.94. The zero-order valence-electron chi connectivity index (χ0n) is 22.4. The van der Waals surface area contributed by atoms with Gasteiger partial charge in [-0.15, -0.1) is 0 Å². The van der Waals surface area contributed by atoms with Crippen LogP contribution in [0, 0.1) is 0 Å². The van der Waals surface area contributed by atoms with Crippen molar-refractivity contribution in [3.8, 4) is 11.5 Å². The van der Waals surface area contributed by atoms with Crippen molar-refractivity contribution in [2.75, 3.05) is 13.2 Å². The van der Waals surface area contributed by atoms with Crippen molar-refractivity contribution < 1.29 is 29.3 Å². The normalized spacial score (nSPS) is 11.3. The van der Waals surface area contributed by atoms with Crippen LogP contribution in [0.1, 0.15) is 42.4 Å². The molecular formula is C32H31Cl2NO6. The van der Waals surface area contributed by atoms with E-state index in [0.717, 1.165) is 46.2 Å². The van der Waals surface area contributed by atoms with Crippen LogP contribution < -0.4 is 9.47 Å². The van der Waals surface area contributed by atoms with E-state index < -0.39 is 11.9 Å². The average molecular weight is 597 g/mol. The minimum atomic E-state index is -0.939. The molecule has 4 rings (SSSR count). The molecule has 1 heterocycles. The molecule has 7 nitrogen and oxygen atoms in total. The number of halogens is 2. The maximum atomic E-state index is 11.5. The molecule has 0 spiro atoms. The lowest BCUT2D eigenvalue weighted by atomic mass is 10.0. The highest BCUT2D eigenvalue weighted by Crippen LogP contribution is 2.32. The number of fused-ring (bicyclic) bond motifs is 1. The number of benzene rings is 3. The Balaban J connectivity index is 1.34. The van der Waals surface area contributed by atoms with E-state index in [-0.39, 0.29) is 13.0 Å². The van der Waals surface area contributed by atoms with Crippen molar-refractivity contribution >= 4 is 58.2 Å². The zero-order chi connectivity index (χ0) is 29.2. The largest absolute Gasteiger partial charge is 0.494 e. The van der Waals surface area contributed by atoms with E-state index in [1.165, 1.54) is 0 Å². The smallest absolute Gasteiger partial charge is 0.323 e. The molecule has 0 saturated carbocycles. The van der Waals surface area contributed by atoms with Gasteiger partial charge in [0.25, 0.3) is 0 Å². The van der Waals surface area contributed by atoms with Crippen LogP contribution in [0.4, 0.5) is 0 Å². The minimum absolute atomic E-state index is 0.0677. The van der Waals surface area contributed by atoms with Gasteiger partial charge in [-0.1, -0.05) is 71.8 Å². The molecule has 3 aromatic carbocycles. The molecule has 41 heavy (non-hydrogen) atoms. The summed E-state index contributed by atoms with van der Waals surface area (Å²) in [5.74, 6) is -0.515. The molecule has 0 saturated heterocycles. The summed E-state index contributed by atoms with van der Waals surface area (Å²) >= 11 is 12.2. The van der Waals surface area contributed by atoms with Crippen molar-refractivity contribution in [2.45, 2.75) is 38.6 Å². The van der Waals surface area contributed by atoms with Gasteiger partial charge in [0.1, 0.15) is 12.3 Å². The van der Waals surface area contributed by atoms with Gasteiger partial charge in [0, 0.05) is 18.0 Å². The number of hydrogen-bond acceptors (Lipinski definition) is 4. The molecule has 0 bridgehead atoms. The first-order chi connectivity index (χ1) is 19.8. The predicted molar refractivity (Wildman–Crippen MR) is 162 cm³/mol. The first kappa shape index (κ1) is 30.0. The van der Waals surface area contributed by atoms with E-state index in [4.69, 9.17) is 37.8 Å². The van der Waals surface area contributed by atoms with Gasteiger partial charge < -0.3 is 24.3 Å². The highest BCUT2D eigenvalue weighted by atomic mass is 35.5. The van der Waals surface area contributed by atoms with Gasteiger partial charge in [-0.25, -0.2) is 0 Å². The molecule has 1 aromatic heterocycles. The van der Waals surface area contributed by atoms with E-state index in [9.17, 15) is 14.7 Å². The molecule has 4 aromatic rings. The van der Waals surface area contributed by atoms with Crippen LogP contribution in [0.25, 0.3) is 23.1 Å². The van der Waals surface area contributed by atoms with Crippen molar-refractivity contribution in [1.82, 2.24) is 4.57 Å². The third kappa shape index (κ3) is 8.52. The Bertz CT molecular complexity index is 1510. The number of carboxylic acid groups (broad SMARTS) is 2. The molecule has 9 heteroatoms. The number of aliphatic carboxylic acids is 2. The second kappa shape index (κ2) is 14.6. The standard InChI is InChI=1S/C32H31Cl2NO6/c33-27-9-5-10-28(34)32(27)41-19-2-1-18-40-25-16-13-22(14-17-25)12-15-23-6-3-8-26-24(7-4-11-29(36)37)20-35(31(23)26)21-30(38)39/h3,5-6,8-10,12-17,20H,1-2,4,7,11,18-19,21H2,(H,36,37)(H,38,39). The summed E-state index contributed by atoms with van der Waals surface area (Å²) in [6, 6.07) is 18.8. The van der Waals surface area contributed by atoms with Crippen LogP contribution in [-0.4, -0.2) is 39.9 Å². The molecule has 0 atom stereocenters. The predicted octanol–water partition coefficient (Wildman–Crippen LogP) is 7.85. The fourth-order valence-corrected chi connectivity index (χ4v) is 5.05. The molecule has 0 unspecified atom stereocenters. The molecule has 0 aliphatic heterocycles. The highest BCUT2D eigenvalue weighted by molar-refractivity contribution is 6.37. The van der Waals surface area contributed by atoms with E-state index in [1.54, 1.807) is 22.8 Å². The molecular weight excluding hydrogens is 565 g/mol. The number of carboxylic acids is 2. The molecule has 2 N–H and O–H groups in total. The van der Waals surface area contributed by atoms with Gasteiger partial charge in [0.2, 0.25) is 0 Å². The van der Waals surface area contributed by atoms with Gasteiger partial charge >= 0.3 is 11.9 Å². The highest BCUT2D eigenvalue weighted by Gasteiger charge is 2.14. The Morgan fingerprint density at radius 1 is 0.805 bits per heavy atom. The summed E-state index contributed by atoms with van der Waals surface area (Å²) in [5.41, 5.74) is 3.61. The molecule has 0 radical (unpaired) electrons. The first-order valence-corrected chi connectivity index (χ1v) is 14.1. The Labute approximate surface area is 248 Å². The number of ether oxygens (including phenoxy) is 2. The Kier molecular flexibility index (Phi) is 10.7. The monoisotopic (exact) mass is 595 g/mol. The van der Waals surface area contributed by atoms with Crippen LogP contribution in [-0.2, 0) is 22.6 Å². The number of para-hydroxylation sites is 2. The van der Waals surface area contributed by atoms with Crippen LogP contribution >= 0.6 is 23.2 Å². The van der Waals surface area contributed by atoms with Crippen LogP contribution in [0.2, 0.25) is 10.0 Å². The maximum absolute atomic E-state index is 11.5. The number of aromatic nitrogens is 1. The fourth-order valence-electron chi connectivity index (χ4n) is 4.55. The molecule has 0 aliphatic rings. The lowest BCUT2D eigenvalue weighted by Crippen LogP contribution is -2.07. The summed E-state index contributed by atoms with van der Waals surface area (Å²) in [5, 5.41) is 20.3. The Morgan fingerprint density at radius 3 is 2.17 bits per heavy atom. The van der Waals surface area contributed by atoms with Gasteiger partial charge in [-0.05, 0) is 66.6 Å². The quantitative estimate of drug-likeness (QED) is 0.107. The minimum Gasteiger partial charge on any atom is -0.494 e. The summed E-state index contributed by atoms with van der Waals surface area (Å²) < 4.78 is 13.3. The van der Waals surface area contributed by atoms with Gasteiger partial charge in [-0.3, -0.25) is 9.59 Å². The van der Waals surface area contributed by atoms with Crippen molar-refractivity contribution in [3.63, 3.8) is 0 Å². The number of rotatable bonds is 15. The topological polar surface area (TPSA) is 98.0 Å². The summed E-state index contributed by atoms with van der Waals surface area (Å²) in [6.45, 7) is 0.862. The number of aryl methyl sites for hydroxylation is 1. The second-order valence-electron chi connectivity index (χ2n) is 9.52.